The van der Waals surface area contributed by atoms with Gasteiger partial charge in [-0.2, -0.15) is 0 Å². The van der Waals surface area contributed by atoms with Gasteiger partial charge in [0.25, 0.3) is 0 Å². The van der Waals surface area contributed by atoms with E-state index in [2.05, 4.69) is 10.6 Å². The number of hydrogen-bond donors (Lipinski definition) is 3. The highest BCUT2D eigenvalue weighted by Crippen LogP contribution is 2.13. The molecule has 0 saturated carbocycles. The first-order chi connectivity index (χ1) is 7.28. The van der Waals surface area contributed by atoms with Gasteiger partial charge in [0.1, 0.15) is 0 Å². The van der Waals surface area contributed by atoms with Gasteiger partial charge in [-0.25, -0.2) is 0 Å². The van der Waals surface area contributed by atoms with Crippen molar-refractivity contribution in [3.8, 4) is 0 Å². The molecule has 0 rings (SSSR count). The third-order valence-electron chi connectivity index (χ3n) is 2.79. The van der Waals surface area contributed by atoms with E-state index >= 15 is 0 Å². The van der Waals surface area contributed by atoms with Crippen molar-refractivity contribution in [3.05, 3.63) is 0 Å². The Balaban J connectivity index is 4.17. The van der Waals surface area contributed by atoms with Gasteiger partial charge in [-0.1, -0.05) is 13.8 Å². The van der Waals surface area contributed by atoms with Crippen LogP contribution in [-0.4, -0.2) is 35.2 Å². The largest absolute Gasteiger partial charge is 0.394 e. The minimum atomic E-state index is -0.324. The molecule has 0 heterocycles. The predicted molar refractivity (Wildman–Crippen MR) is 66.3 cm³/mol. The number of aliphatic hydroxyl groups is 1. The van der Waals surface area contributed by atoms with Gasteiger partial charge >= 0.3 is 0 Å². The lowest BCUT2D eigenvalue weighted by Crippen LogP contribution is -2.53. The highest BCUT2D eigenvalue weighted by atomic mass is 16.3. The first-order valence-corrected chi connectivity index (χ1v) is 5.95. The SMILES string of the molecule is CCC(CC)(CO)NCC(=O)NC(C)(C)C. The number of carbonyl (C=O) groups is 1. The molecule has 0 saturated heterocycles. The third kappa shape index (κ3) is 5.47. The monoisotopic (exact) mass is 230 g/mol. The second-order valence-electron chi connectivity index (χ2n) is 5.30. The van der Waals surface area contributed by atoms with Crippen LogP contribution in [0.2, 0.25) is 0 Å². The molecule has 0 aromatic carbocycles. The van der Waals surface area contributed by atoms with Crippen molar-refractivity contribution in [1.29, 1.82) is 0 Å². The molecule has 0 aromatic heterocycles. The molecule has 0 aromatic rings. The molecule has 0 bridgehead atoms. The van der Waals surface area contributed by atoms with E-state index in [1.54, 1.807) is 0 Å². The molecule has 0 spiro atoms. The van der Waals surface area contributed by atoms with Gasteiger partial charge in [0, 0.05) is 11.1 Å². The molecule has 0 aliphatic rings. The third-order valence-corrected chi connectivity index (χ3v) is 2.79. The van der Waals surface area contributed by atoms with Gasteiger partial charge in [0.15, 0.2) is 0 Å². The van der Waals surface area contributed by atoms with Crippen molar-refractivity contribution in [3.63, 3.8) is 0 Å². The van der Waals surface area contributed by atoms with Crippen molar-refractivity contribution in [2.45, 2.75) is 58.5 Å². The zero-order valence-corrected chi connectivity index (χ0v) is 11.2. The minimum absolute atomic E-state index is 0.0350. The maximum Gasteiger partial charge on any atom is 0.234 e. The first-order valence-electron chi connectivity index (χ1n) is 5.95. The van der Waals surface area contributed by atoms with E-state index in [1.165, 1.54) is 0 Å². The van der Waals surface area contributed by atoms with Crippen molar-refractivity contribution in [1.82, 2.24) is 10.6 Å². The zero-order chi connectivity index (χ0) is 12.8. The lowest BCUT2D eigenvalue weighted by Gasteiger charge is -2.31. The van der Waals surface area contributed by atoms with E-state index < -0.39 is 0 Å². The van der Waals surface area contributed by atoms with E-state index in [4.69, 9.17) is 0 Å². The first kappa shape index (κ1) is 15.4. The molecule has 1 amide bonds. The maximum atomic E-state index is 11.6. The topological polar surface area (TPSA) is 61.4 Å². The standard InChI is InChI=1S/C12H26N2O2/c1-6-12(7-2,9-15)13-8-10(16)14-11(3,4)5/h13,15H,6-9H2,1-5H3,(H,14,16). The van der Waals surface area contributed by atoms with Crippen LogP contribution in [0.15, 0.2) is 0 Å². The van der Waals surface area contributed by atoms with Gasteiger partial charge in [0.05, 0.1) is 13.2 Å². The number of nitrogens with one attached hydrogen (secondary N) is 2. The lowest BCUT2D eigenvalue weighted by atomic mass is 9.94. The summed E-state index contributed by atoms with van der Waals surface area (Å²) in [5.74, 6) is -0.0350. The van der Waals surface area contributed by atoms with E-state index in [9.17, 15) is 9.90 Å². The number of aliphatic hydroxyl groups excluding tert-OH is 1. The Kier molecular flexibility index (Phi) is 5.97. The van der Waals surface area contributed by atoms with E-state index in [-0.39, 0.29) is 30.1 Å². The Morgan fingerprint density at radius 1 is 1.19 bits per heavy atom. The molecule has 0 aliphatic heterocycles. The summed E-state index contributed by atoms with van der Waals surface area (Å²) < 4.78 is 0. The summed E-state index contributed by atoms with van der Waals surface area (Å²) >= 11 is 0. The second-order valence-corrected chi connectivity index (χ2v) is 5.30. The minimum Gasteiger partial charge on any atom is -0.394 e. The average Bonchev–Trinajstić information content (AvgIpc) is 2.18. The van der Waals surface area contributed by atoms with Crippen LogP contribution in [0.25, 0.3) is 0 Å². The molecule has 16 heavy (non-hydrogen) atoms. The van der Waals surface area contributed by atoms with Crippen molar-refractivity contribution < 1.29 is 9.90 Å². The van der Waals surface area contributed by atoms with Crippen LogP contribution in [0, 0.1) is 0 Å². The van der Waals surface area contributed by atoms with Crippen LogP contribution in [0.4, 0.5) is 0 Å². The molecule has 3 N–H and O–H groups in total. The molecule has 0 unspecified atom stereocenters. The predicted octanol–water partition coefficient (Wildman–Crippen LogP) is 1.04. The number of rotatable bonds is 6. The van der Waals surface area contributed by atoms with Gasteiger partial charge in [-0.05, 0) is 33.6 Å². The number of carbonyl (C=O) groups excluding carboxylic acids is 1. The molecule has 0 aliphatic carbocycles. The van der Waals surface area contributed by atoms with Gasteiger partial charge < -0.3 is 15.7 Å². The Labute approximate surface area is 98.8 Å². The Morgan fingerprint density at radius 2 is 1.69 bits per heavy atom. The Bertz CT molecular complexity index is 209. The van der Waals surface area contributed by atoms with Crippen LogP contribution < -0.4 is 10.6 Å². The molecular formula is C12H26N2O2. The van der Waals surface area contributed by atoms with Crippen molar-refractivity contribution in [2.75, 3.05) is 13.2 Å². The molecule has 0 fully saturated rings. The second kappa shape index (κ2) is 6.21. The zero-order valence-electron chi connectivity index (χ0n) is 11.2. The van der Waals surface area contributed by atoms with E-state index in [0.717, 1.165) is 12.8 Å². The quantitative estimate of drug-likeness (QED) is 0.639. The summed E-state index contributed by atoms with van der Waals surface area (Å²) in [4.78, 5) is 11.6. The number of amides is 1. The maximum absolute atomic E-state index is 11.6. The smallest absolute Gasteiger partial charge is 0.234 e. The van der Waals surface area contributed by atoms with E-state index in [0.29, 0.717) is 0 Å². The fourth-order valence-corrected chi connectivity index (χ4v) is 1.51. The highest BCUT2D eigenvalue weighted by molar-refractivity contribution is 5.78. The van der Waals surface area contributed by atoms with Crippen LogP contribution in [0.1, 0.15) is 47.5 Å². The van der Waals surface area contributed by atoms with E-state index in [1.807, 2.05) is 34.6 Å². The molecule has 96 valence electrons. The normalized spacial score (nSPS) is 12.6. The van der Waals surface area contributed by atoms with Crippen molar-refractivity contribution in [2.24, 2.45) is 0 Å². The molecule has 0 radical (unpaired) electrons. The van der Waals surface area contributed by atoms with Crippen LogP contribution in [0.5, 0.6) is 0 Å². The van der Waals surface area contributed by atoms with Gasteiger partial charge in [-0.15, -0.1) is 0 Å². The Hall–Kier alpha value is -0.610. The number of hydrogen-bond acceptors (Lipinski definition) is 3. The van der Waals surface area contributed by atoms with Crippen molar-refractivity contribution >= 4 is 5.91 Å². The summed E-state index contributed by atoms with van der Waals surface area (Å²) in [7, 11) is 0. The molecular weight excluding hydrogens is 204 g/mol. The van der Waals surface area contributed by atoms with Crippen LogP contribution >= 0.6 is 0 Å². The summed E-state index contributed by atoms with van der Waals surface area (Å²) in [6, 6.07) is 0. The van der Waals surface area contributed by atoms with Gasteiger partial charge in [-0.3, -0.25) is 4.79 Å². The van der Waals surface area contributed by atoms with Gasteiger partial charge in [0.2, 0.25) is 5.91 Å². The fourth-order valence-electron chi connectivity index (χ4n) is 1.51. The highest BCUT2D eigenvalue weighted by Gasteiger charge is 2.25. The summed E-state index contributed by atoms with van der Waals surface area (Å²) in [6.45, 7) is 10.2. The summed E-state index contributed by atoms with van der Waals surface area (Å²) in [6.07, 6.45) is 1.62. The fraction of sp³-hybridized carbons (Fsp3) is 0.917. The summed E-state index contributed by atoms with van der Waals surface area (Å²) in [5, 5.41) is 15.4. The summed E-state index contributed by atoms with van der Waals surface area (Å²) in [5.41, 5.74) is -0.533. The molecule has 0 atom stereocenters. The lowest BCUT2D eigenvalue weighted by molar-refractivity contribution is -0.122. The average molecular weight is 230 g/mol. The van der Waals surface area contributed by atoms with Crippen LogP contribution in [-0.2, 0) is 4.79 Å². The molecule has 4 heteroatoms. The Morgan fingerprint density at radius 3 is 2.00 bits per heavy atom. The molecule has 4 nitrogen and oxygen atoms in total. The van der Waals surface area contributed by atoms with Crippen LogP contribution in [0.3, 0.4) is 0 Å².